The van der Waals surface area contributed by atoms with E-state index < -0.39 is 0 Å². The molecule has 0 saturated carbocycles. The van der Waals surface area contributed by atoms with Crippen LogP contribution >= 0.6 is 11.3 Å². The zero-order valence-corrected chi connectivity index (χ0v) is 13.5. The van der Waals surface area contributed by atoms with Crippen molar-refractivity contribution in [2.24, 2.45) is 0 Å². The van der Waals surface area contributed by atoms with Crippen molar-refractivity contribution in [1.29, 1.82) is 5.26 Å². The molecule has 3 rings (SSSR count). The minimum atomic E-state index is 0.326. The average Bonchev–Trinajstić information content (AvgIpc) is 3.05. The highest BCUT2D eigenvalue weighted by atomic mass is 32.1. The van der Waals surface area contributed by atoms with Crippen LogP contribution in [0.25, 0.3) is 16.2 Å². The average molecular weight is 312 g/mol. The second-order valence-electron chi connectivity index (χ2n) is 5.17. The number of hydrogen-bond donors (Lipinski definition) is 0. The highest BCUT2D eigenvalue weighted by Gasteiger charge is 2.18. The van der Waals surface area contributed by atoms with Gasteiger partial charge in [-0.3, -0.25) is 0 Å². The molecule has 6 heteroatoms. The Morgan fingerprint density at radius 3 is 2.64 bits per heavy atom. The van der Waals surface area contributed by atoms with Gasteiger partial charge in [-0.15, -0.1) is 0 Å². The van der Waals surface area contributed by atoms with Crippen LogP contribution in [0.5, 0.6) is 5.75 Å². The fraction of sp³-hybridized carbons (Fsp3) is 0.312. The molecule has 5 nitrogen and oxygen atoms in total. The third kappa shape index (κ3) is 2.44. The first-order valence-electron chi connectivity index (χ1n) is 7.16. The van der Waals surface area contributed by atoms with Gasteiger partial charge in [0.2, 0.25) is 4.96 Å². The molecule has 0 aliphatic heterocycles. The van der Waals surface area contributed by atoms with E-state index in [9.17, 15) is 5.26 Å². The SMILES string of the molecule is CCOc1ccc(-c2nc3sc(C(C)C)nn3c2C#N)cc1. The third-order valence-electron chi connectivity index (χ3n) is 3.26. The summed E-state index contributed by atoms with van der Waals surface area (Å²) in [7, 11) is 0. The van der Waals surface area contributed by atoms with Crippen LogP contribution in [0.15, 0.2) is 24.3 Å². The summed E-state index contributed by atoms with van der Waals surface area (Å²) in [6.07, 6.45) is 0. The lowest BCUT2D eigenvalue weighted by Crippen LogP contribution is -1.94. The first-order valence-corrected chi connectivity index (χ1v) is 7.98. The zero-order valence-electron chi connectivity index (χ0n) is 12.7. The highest BCUT2D eigenvalue weighted by molar-refractivity contribution is 7.16. The van der Waals surface area contributed by atoms with Gasteiger partial charge in [-0.25, -0.2) is 4.98 Å². The first-order chi connectivity index (χ1) is 10.6. The molecule has 0 radical (unpaired) electrons. The molecule has 3 aromatic rings. The lowest BCUT2D eigenvalue weighted by atomic mass is 10.1. The monoisotopic (exact) mass is 312 g/mol. The van der Waals surface area contributed by atoms with Crippen molar-refractivity contribution < 1.29 is 4.74 Å². The van der Waals surface area contributed by atoms with Crippen LogP contribution in [-0.4, -0.2) is 21.2 Å². The quantitative estimate of drug-likeness (QED) is 0.734. The fourth-order valence-electron chi connectivity index (χ4n) is 2.17. The van der Waals surface area contributed by atoms with Gasteiger partial charge in [-0.05, 0) is 31.2 Å². The van der Waals surface area contributed by atoms with Crippen molar-refractivity contribution in [3.8, 4) is 23.1 Å². The van der Waals surface area contributed by atoms with Crippen LogP contribution in [0, 0.1) is 11.3 Å². The molecule has 0 fully saturated rings. The zero-order chi connectivity index (χ0) is 15.7. The lowest BCUT2D eigenvalue weighted by molar-refractivity contribution is 0.340. The van der Waals surface area contributed by atoms with E-state index in [0.717, 1.165) is 21.3 Å². The topological polar surface area (TPSA) is 63.2 Å². The van der Waals surface area contributed by atoms with Crippen LogP contribution in [-0.2, 0) is 0 Å². The Labute approximate surface area is 132 Å². The van der Waals surface area contributed by atoms with Crippen LogP contribution in [0.3, 0.4) is 0 Å². The maximum Gasteiger partial charge on any atom is 0.214 e. The Morgan fingerprint density at radius 1 is 1.32 bits per heavy atom. The van der Waals surface area contributed by atoms with Crippen molar-refractivity contribution in [1.82, 2.24) is 14.6 Å². The van der Waals surface area contributed by atoms with Crippen LogP contribution in [0.2, 0.25) is 0 Å². The second-order valence-corrected chi connectivity index (χ2v) is 6.16. The van der Waals surface area contributed by atoms with Gasteiger partial charge in [0, 0.05) is 11.5 Å². The Hall–Kier alpha value is -2.39. The van der Waals surface area contributed by atoms with Gasteiger partial charge in [0.25, 0.3) is 0 Å². The maximum absolute atomic E-state index is 9.48. The molecule has 0 atom stereocenters. The van der Waals surface area contributed by atoms with E-state index in [-0.39, 0.29) is 0 Å². The molecule has 0 saturated heterocycles. The fourth-order valence-corrected chi connectivity index (χ4v) is 3.07. The predicted molar refractivity (Wildman–Crippen MR) is 86.3 cm³/mol. The number of nitrogens with zero attached hydrogens (tertiary/aromatic N) is 4. The molecule has 0 aliphatic rings. The molecule has 0 spiro atoms. The van der Waals surface area contributed by atoms with Gasteiger partial charge in [-0.1, -0.05) is 25.2 Å². The van der Waals surface area contributed by atoms with Crippen LogP contribution < -0.4 is 4.74 Å². The molecule has 0 unspecified atom stereocenters. The smallest absolute Gasteiger partial charge is 0.214 e. The number of imidazole rings is 1. The number of rotatable bonds is 4. The van der Waals surface area contributed by atoms with Crippen LogP contribution in [0.4, 0.5) is 0 Å². The van der Waals surface area contributed by atoms with Crippen molar-refractivity contribution in [3.63, 3.8) is 0 Å². The largest absolute Gasteiger partial charge is 0.494 e. The minimum absolute atomic E-state index is 0.326. The summed E-state index contributed by atoms with van der Waals surface area (Å²) < 4.78 is 7.08. The van der Waals surface area contributed by atoms with E-state index in [4.69, 9.17) is 4.74 Å². The summed E-state index contributed by atoms with van der Waals surface area (Å²) in [4.78, 5) is 5.34. The third-order valence-corrected chi connectivity index (χ3v) is 4.47. The molecule has 2 aromatic heterocycles. The lowest BCUT2D eigenvalue weighted by Gasteiger charge is -2.03. The number of hydrogen-bond acceptors (Lipinski definition) is 5. The maximum atomic E-state index is 9.48. The number of nitriles is 1. The summed E-state index contributed by atoms with van der Waals surface area (Å²) in [5.74, 6) is 1.14. The van der Waals surface area contributed by atoms with Crippen molar-refractivity contribution in [2.75, 3.05) is 6.61 Å². The van der Waals surface area contributed by atoms with Gasteiger partial charge < -0.3 is 4.74 Å². The van der Waals surface area contributed by atoms with E-state index in [1.807, 2.05) is 31.2 Å². The molecule has 2 heterocycles. The Kier molecular flexibility index (Phi) is 3.82. The van der Waals surface area contributed by atoms with Crippen molar-refractivity contribution in [2.45, 2.75) is 26.7 Å². The number of benzene rings is 1. The second kappa shape index (κ2) is 5.78. The molecular formula is C16H16N4OS. The van der Waals surface area contributed by atoms with Crippen LogP contribution in [0.1, 0.15) is 37.4 Å². The Bertz CT molecular complexity index is 840. The molecule has 22 heavy (non-hydrogen) atoms. The van der Waals surface area contributed by atoms with E-state index in [1.165, 1.54) is 11.3 Å². The van der Waals surface area contributed by atoms with Crippen molar-refractivity contribution >= 4 is 16.3 Å². The normalized spacial score (nSPS) is 11.0. The standard InChI is InChI=1S/C16H16N4OS/c1-4-21-12-7-5-11(6-8-12)14-13(9-17)20-16(18-14)22-15(19-20)10(2)3/h5-8,10H,4H2,1-3H3. The number of ether oxygens (including phenoxy) is 1. The molecule has 1 aromatic carbocycles. The van der Waals surface area contributed by atoms with Gasteiger partial charge in [0.15, 0.2) is 5.69 Å². The predicted octanol–water partition coefficient (Wildman–Crippen LogP) is 3.85. The van der Waals surface area contributed by atoms with E-state index in [1.54, 1.807) is 4.52 Å². The summed E-state index contributed by atoms with van der Waals surface area (Å²) in [6, 6.07) is 9.84. The van der Waals surface area contributed by atoms with Gasteiger partial charge in [-0.2, -0.15) is 14.9 Å². The van der Waals surface area contributed by atoms with Gasteiger partial charge in [0.05, 0.1) is 6.61 Å². The Balaban J connectivity index is 2.07. The Morgan fingerprint density at radius 2 is 2.05 bits per heavy atom. The summed E-state index contributed by atoms with van der Waals surface area (Å²) >= 11 is 1.53. The van der Waals surface area contributed by atoms with E-state index in [2.05, 4.69) is 30.0 Å². The number of fused-ring (bicyclic) bond motifs is 1. The molecule has 112 valence electrons. The molecule has 0 aliphatic carbocycles. The molecule has 0 bridgehead atoms. The molecular weight excluding hydrogens is 296 g/mol. The van der Waals surface area contributed by atoms with Gasteiger partial charge in [0.1, 0.15) is 22.5 Å². The summed E-state index contributed by atoms with van der Waals surface area (Å²) in [5.41, 5.74) is 2.03. The van der Waals surface area contributed by atoms with E-state index in [0.29, 0.717) is 23.9 Å². The molecule has 0 amide bonds. The van der Waals surface area contributed by atoms with Crippen molar-refractivity contribution in [3.05, 3.63) is 35.0 Å². The first kappa shape index (κ1) is 14.5. The molecule has 0 N–H and O–H groups in total. The van der Waals surface area contributed by atoms with Gasteiger partial charge >= 0.3 is 0 Å². The summed E-state index contributed by atoms with van der Waals surface area (Å²) in [6.45, 7) is 6.74. The highest BCUT2D eigenvalue weighted by Crippen LogP contribution is 2.29. The minimum Gasteiger partial charge on any atom is -0.494 e. The number of aromatic nitrogens is 3. The van der Waals surface area contributed by atoms with E-state index >= 15 is 0 Å². The summed E-state index contributed by atoms with van der Waals surface area (Å²) in [5, 5.41) is 15.0.